The lowest BCUT2D eigenvalue weighted by molar-refractivity contribution is 1.19. The zero-order valence-electron chi connectivity index (χ0n) is 13.4. The molecule has 0 atom stereocenters. The van der Waals surface area contributed by atoms with Gasteiger partial charge >= 0.3 is 0 Å². The van der Waals surface area contributed by atoms with Crippen LogP contribution in [-0.4, -0.2) is 18.0 Å². The fourth-order valence-corrected chi connectivity index (χ4v) is 2.59. The lowest BCUT2D eigenvalue weighted by Crippen LogP contribution is -2.37. The summed E-state index contributed by atoms with van der Waals surface area (Å²) < 4.78 is 21.9. The van der Waals surface area contributed by atoms with Crippen molar-refractivity contribution in [2.45, 2.75) is 26.5 Å². The Morgan fingerprint density at radius 1 is 1.00 bits per heavy atom. The fourth-order valence-electron chi connectivity index (χ4n) is 1.55. The maximum atomic E-state index is 7.30. The Kier molecular flexibility index (Phi) is 2.23. The van der Waals surface area contributed by atoms with Crippen molar-refractivity contribution in [3.63, 3.8) is 0 Å². The van der Waals surface area contributed by atoms with Crippen LogP contribution in [0.1, 0.15) is 9.81 Å². The minimum absolute atomic E-state index is 0.111. The molecule has 3 heteroatoms. The number of hydrogen-bond donors (Lipinski definition) is 0. The summed E-state index contributed by atoms with van der Waals surface area (Å²) in [6.45, 7) is 4.66. The number of hydrogen-bond acceptors (Lipinski definition) is 2. The Morgan fingerprint density at radius 2 is 1.82 bits per heavy atom. The van der Waals surface area contributed by atoms with Gasteiger partial charge in [0.05, 0.1) is 13.8 Å². The van der Waals surface area contributed by atoms with Crippen LogP contribution in [0.5, 0.6) is 0 Å². The first-order valence-corrected chi connectivity index (χ1v) is 9.11. The molecule has 0 aliphatic rings. The van der Waals surface area contributed by atoms with Crippen molar-refractivity contribution in [2.75, 3.05) is 0 Å². The first-order valence-electron chi connectivity index (χ1n) is 7.11. The molecule has 2 heterocycles. The Labute approximate surface area is 108 Å². The first kappa shape index (κ1) is 8.58. The summed E-state index contributed by atoms with van der Waals surface area (Å²) in [5.74, 6) is 0. The minimum atomic E-state index is -2.16. The predicted octanol–water partition coefficient (Wildman–Crippen LogP) is 3.00. The second kappa shape index (κ2) is 4.41. The minimum Gasteiger partial charge on any atom is -0.261 e. The molecule has 0 spiro atoms. The molecule has 0 bridgehead atoms. The van der Waals surface area contributed by atoms with E-state index in [1.807, 2.05) is 12.3 Å². The third-order valence-electron chi connectivity index (χ3n) is 2.69. The van der Waals surface area contributed by atoms with Gasteiger partial charge in [-0.2, -0.15) is 0 Å². The molecule has 2 aromatic heterocycles. The van der Waals surface area contributed by atoms with Gasteiger partial charge in [-0.1, -0.05) is 25.7 Å². The van der Waals surface area contributed by atoms with Crippen LogP contribution in [0.25, 0.3) is 11.3 Å². The zero-order chi connectivity index (χ0) is 15.0. The van der Waals surface area contributed by atoms with Crippen LogP contribution in [-0.2, 0) is 0 Å². The molecular weight excluding hydrogens is 224 g/mol. The zero-order valence-corrected chi connectivity index (χ0v) is 11.4. The van der Waals surface area contributed by atoms with Gasteiger partial charge in [0.25, 0.3) is 0 Å². The summed E-state index contributed by atoms with van der Waals surface area (Å²) in [6.07, 6.45) is 3.48. The van der Waals surface area contributed by atoms with Crippen molar-refractivity contribution in [3.8, 4) is 11.3 Å². The highest BCUT2D eigenvalue weighted by molar-refractivity contribution is 6.88. The van der Waals surface area contributed by atoms with Gasteiger partial charge in [-0.3, -0.25) is 9.97 Å². The highest BCUT2D eigenvalue weighted by Crippen LogP contribution is 2.15. The third-order valence-corrected chi connectivity index (χ3v) is 4.72. The highest BCUT2D eigenvalue weighted by atomic mass is 28.3. The van der Waals surface area contributed by atoms with Crippen molar-refractivity contribution in [1.82, 2.24) is 9.97 Å². The maximum Gasteiger partial charge on any atom is 0.0796 e. The van der Waals surface area contributed by atoms with Gasteiger partial charge < -0.3 is 0 Å². The summed E-state index contributed by atoms with van der Waals surface area (Å²) in [6, 6.07) is 7.37. The first-order chi connectivity index (χ1) is 9.18. The average Bonchev–Trinajstić information content (AvgIpc) is 2.37. The van der Waals surface area contributed by atoms with E-state index in [-0.39, 0.29) is 5.69 Å². The Bertz CT molecular complexity index is 528. The van der Waals surface area contributed by atoms with Crippen LogP contribution >= 0.6 is 0 Å². The molecule has 0 saturated carbocycles. The van der Waals surface area contributed by atoms with Crippen LogP contribution in [0.2, 0.25) is 19.6 Å². The molecule has 0 aliphatic carbocycles. The van der Waals surface area contributed by atoms with E-state index >= 15 is 0 Å². The van der Waals surface area contributed by atoms with Crippen LogP contribution < -0.4 is 5.19 Å². The van der Waals surface area contributed by atoms with E-state index in [1.165, 1.54) is 11.3 Å². The second-order valence-corrected chi connectivity index (χ2v) is 10.2. The molecule has 0 fully saturated rings. The van der Waals surface area contributed by atoms with E-state index < -0.39 is 14.9 Å². The summed E-state index contributed by atoms with van der Waals surface area (Å²) in [4.78, 5) is 8.47. The number of rotatable bonds is 2. The van der Waals surface area contributed by atoms with E-state index in [1.54, 1.807) is 12.3 Å². The predicted molar refractivity (Wildman–Crippen MR) is 75.2 cm³/mol. The van der Waals surface area contributed by atoms with Crippen molar-refractivity contribution in [2.24, 2.45) is 0 Å². The molecule has 17 heavy (non-hydrogen) atoms. The molecule has 0 aliphatic heterocycles. The van der Waals surface area contributed by atoms with Crippen molar-refractivity contribution < 1.29 is 4.11 Å². The van der Waals surface area contributed by atoms with Gasteiger partial charge in [0, 0.05) is 27.8 Å². The SMILES string of the molecule is [2H]C([2H])([2H])c1ccc(-c2ccc([Si](C)(C)C)cn2)cn1. The van der Waals surface area contributed by atoms with Gasteiger partial charge in [-0.15, -0.1) is 0 Å². The monoisotopic (exact) mass is 245 g/mol. The number of pyridine rings is 2. The van der Waals surface area contributed by atoms with Crippen molar-refractivity contribution in [3.05, 3.63) is 42.4 Å². The summed E-state index contributed by atoms with van der Waals surface area (Å²) in [5, 5.41) is 1.30. The van der Waals surface area contributed by atoms with E-state index in [4.69, 9.17) is 4.11 Å². The summed E-state index contributed by atoms with van der Waals surface area (Å²) >= 11 is 0. The number of aryl methyl sites for hydroxylation is 1. The van der Waals surface area contributed by atoms with Crippen LogP contribution in [0.15, 0.2) is 36.7 Å². The average molecular weight is 245 g/mol. The molecule has 0 radical (unpaired) electrons. The largest absolute Gasteiger partial charge is 0.261 e. The van der Waals surface area contributed by atoms with Crippen LogP contribution in [0, 0.1) is 6.85 Å². The van der Waals surface area contributed by atoms with Gasteiger partial charge in [0.1, 0.15) is 0 Å². The summed E-state index contributed by atoms with van der Waals surface area (Å²) in [7, 11) is -1.34. The fraction of sp³-hybridized carbons (Fsp3) is 0.286. The van der Waals surface area contributed by atoms with Gasteiger partial charge in [-0.05, 0) is 30.2 Å². The molecule has 0 saturated heterocycles. The van der Waals surface area contributed by atoms with Gasteiger partial charge in [-0.25, -0.2) is 0 Å². The van der Waals surface area contributed by atoms with Crippen LogP contribution in [0.4, 0.5) is 0 Å². The highest BCUT2D eigenvalue weighted by Gasteiger charge is 2.16. The number of aromatic nitrogens is 2. The lowest BCUT2D eigenvalue weighted by Gasteiger charge is -2.16. The van der Waals surface area contributed by atoms with Gasteiger partial charge in [0.2, 0.25) is 0 Å². The second-order valence-electron chi connectivity index (χ2n) is 5.11. The number of nitrogens with zero attached hydrogens (tertiary/aromatic N) is 2. The molecule has 2 aromatic rings. The maximum absolute atomic E-state index is 7.30. The van der Waals surface area contributed by atoms with E-state index in [0.29, 0.717) is 0 Å². The molecule has 0 amide bonds. The Morgan fingerprint density at radius 3 is 2.29 bits per heavy atom. The molecule has 0 N–H and O–H groups in total. The molecule has 88 valence electrons. The van der Waals surface area contributed by atoms with E-state index in [0.717, 1.165) is 11.3 Å². The molecule has 0 unspecified atom stereocenters. The third kappa shape index (κ3) is 2.80. The molecule has 2 rings (SSSR count). The smallest absolute Gasteiger partial charge is 0.0796 e. The van der Waals surface area contributed by atoms with Crippen molar-refractivity contribution in [1.29, 1.82) is 0 Å². The summed E-state index contributed by atoms with van der Waals surface area (Å²) in [5.41, 5.74) is 1.76. The molecule has 2 nitrogen and oxygen atoms in total. The quantitative estimate of drug-likeness (QED) is 0.760. The van der Waals surface area contributed by atoms with Crippen molar-refractivity contribution >= 4 is 13.3 Å². The van der Waals surface area contributed by atoms with E-state index in [2.05, 4.69) is 35.7 Å². The normalized spacial score (nSPS) is 14.9. The molecular formula is C14H18N2Si. The topological polar surface area (TPSA) is 25.8 Å². The Balaban J connectivity index is 2.29. The standard InChI is InChI=1S/C14H18N2Si/c1-11-5-6-12(9-15-11)14-8-7-13(10-16-14)17(2,3)4/h5-10H,1-4H3/i1D3. The van der Waals surface area contributed by atoms with Gasteiger partial charge in [0.15, 0.2) is 0 Å². The lowest BCUT2D eigenvalue weighted by atomic mass is 10.2. The van der Waals surface area contributed by atoms with Crippen LogP contribution in [0.3, 0.4) is 0 Å². The van der Waals surface area contributed by atoms with E-state index in [9.17, 15) is 0 Å². The molecule has 0 aromatic carbocycles. The Hall–Kier alpha value is -1.48.